The van der Waals surface area contributed by atoms with E-state index in [1.165, 1.54) is 34.4 Å². The maximum atomic E-state index is 11.9. The topological polar surface area (TPSA) is 109 Å². The lowest BCUT2D eigenvalue weighted by Gasteiger charge is -2.03. The SMILES string of the molecule is Cc1csc(NC(=O)CSc2nnc(NC(=O)Nc3ccccc3)s2)n1. The summed E-state index contributed by atoms with van der Waals surface area (Å²) >= 11 is 3.82. The lowest BCUT2D eigenvalue weighted by atomic mass is 10.3. The van der Waals surface area contributed by atoms with Crippen molar-refractivity contribution in [3.05, 3.63) is 41.4 Å². The van der Waals surface area contributed by atoms with Crippen molar-refractivity contribution in [2.24, 2.45) is 0 Å². The first-order chi connectivity index (χ1) is 12.6. The highest BCUT2D eigenvalue weighted by molar-refractivity contribution is 8.01. The smallest absolute Gasteiger partial charge is 0.308 e. The Morgan fingerprint density at radius 3 is 2.62 bits per heavy atom. The first-order valence-electron chi connectivity index (χ1n) is 7.40. The van der Waals surface area contributed by atoms with Gasteiger partial charge in [0.25, 0.3) is 0 Å². The van der Waals surface area contributed by atoms with Crippen LogP contribution < -0.4 is 16.0 Å². The van der Waals surface area contributed by atoms with E-state index >= 15 is 0 Å². The molecule has 3 N–H and O–H groups in total. The quantitative estimate of drug-likeness (QED) is 0.426. The fraction of sp³-hybridized carbons (Fsp3) is 0.133. The van der Waals surface area contributed by atoms with Crippen LogP contribution in [-0.4, -0.2) is 32.9 Å². The number of aryl methyl sites for hydroxylation is 1. The molecule has 2 aromatic heterocycles. The van der Waals surface area contributed by atoms with Crippen LogP contribution in [0.1, 0.15) is 5.69 Å². The summed E-state index contributed by atoms with van der Waals surface area (Å²) in [7, 11) is 0. The van der Waals surface area contributed by atoms with Crippen LogP contribution in [0.3, 0.4) is 0 Å². The molecule has 11 heteroatoms. The number of anilines is 3. The van der Waals surface area contributed by atoms with E-state index < -0.39 is 6.03 Å². The normalized spacial score (nSPS) is 10.3. The lowest BCUT2D eigenvalue weighted by molar-refractivity contribution is -0.113. The van der Waals surface area contributed by atoms with E-state index in [0.717, 1.165) is 5.69 Å². The van der Waals surface area contributed by atoms with Crippen LogP contribution in [0.25, 0.3) is 0 Å². The number of aromatic nitrogens is 3. The van der Waals surface area contributed by atoms with E-state index in [2.05, 4.69) is 31.1 Å². The molecule has 3 aromatic rings. The van der Waals surface area contributed by atoms with Crippen molar-refractivity contribution in [2.75, 3.05) is 21.7 Å². The third kappa shape index (κ3) is 5.51. The summed E-state index contributed by atoms with van der Waals surface area (Å²) in [4.78, 5) is 28.0. The molecule has 0 unspecified atom stereocenters. The highest BCUT2D eigenvalue weighted by Crippen LogP contribution is 2.26. The molecule has 0 fully saturated rings. The molecule has 0 atom stereocenters. The number of thioether (sulfide) groups is 1. The number of carbonyl (C=O) groups is 2. The van der Waals surface area contributed by atoms with Gasteiger partial charge < -0.3 is 10.6 Å². The van der Waals surface area contributed by atoms with Gasteiger partial charge in [-0.25, -0.2) is 9.78 Å². The largest absolute Gasteiger partial charge is 0.325 e. The van der Waals surface area contributed by atoms with Crippen molar-refractivity contribution in [1.29, 1.82) is 0 Å². The average Bonchev–Trinajstić information content (AvgIpc) is 3.22. The molecule has 0 bridgehead atoms. The Morgan fingerprint density at radius 1 is 1.08 bits per heavy atom. The Hall–Kier alpha value is -2.50. The molecule has 0 saturated carbocycles. The number of rotatable bonds is 6. The van der Waals surface area contributed by atoms with Gasteiger partial charge in [-0.2, -0.15) is 0 Å². The van der Waals surface area contributed by atoms with Crippen LogP contribution in [0.15, 0.2) is 40.1 Å². The number of hydrogen-bond donors (Lipinski definition) is 3. The Balaban J connectivity index is 1.45. The van der Waals surface area contributed by atoms with Gasteiger partial charge in [0.15, 0.2) is 9.47 Å². The molecule has 0 aliphatic rings. The van der Waals surface area contributed by atoms with Crippen LogP contribution in [-0.2, 0) is 4.79 Å². The summed E-state index contributed by atoms with van der Waals surface area (Å²) in [6, 6.07) is 8.68. The van der Waals surface area contributed by atoms with Crippen LogP contribution in [0.2, 0.25) is 0 Å². The maximum absolute atomic E-state index is 11.9. The number of para-hydroxylation sites is 1. The standard InChI is InChI=1S/C15H14N6O2S3/c1-9-7-24-13(16-9)18-11(22)8-25-15-21-20-14(26-15)19-12(23)17-10-5-3-2-4-6-10/h2-7H,8H2,1H3,(H,16,18,22)(H2,17,19,20,23). The van der Waals surface area contributed by atoms with Gasteiger partial charge in [-0.1, -0.05) is 41.3 Å². The first-order valence-corrected chi connectivity index (χ1v) is 10.1. The molecule has 0 spiro atoms. The zero-order valence-electron chi connectivity index (χ0n) is 13.6. The molecule has 8 nitrogen and oxygen atoms in total. The molecule has 2 heterocycles. The third-order valence-corrected chi connectivity index (χ3v) is 5.70. The van der Waals surface area contributed by atoms with Crippen molar-refractivity contribution in [3.8, 4) is 0 Å². The van der Waals surface area contributed by atoms with Crippen LogP contribution in [0.5, 0.6) is 0 Å². The van der Waals surface area contributed by atoms with Crippen molar-refractivity contribution in [2.45, 2.75) is 11.3 Å². The van der Waals surface area contributed by atoms with Gasteiger partial charge in [0.2, 0.25) is 11.0 Å². The van der Waals surface area contributed by atoms with Gasteiger partial charge in [0.1, 0.15) is 0 Å². The Labute approximate surface area is 161 Å². The molecular weight excluding hydrogens is 392 g/mol. The molecule has 3 amide bonds. The number of benzene rings is 1. The number of hydrogen-bond acceptors (Lipinski definition) is 8. The summed E-state index contributed by atoms with van der Waals surface area (Å²) in [5, 5.41) is 18.7. The predicted octanol–water partition coefficient (Wildman–Crippen LogP) is 3.68. The molecule has 0 aliphatic heterocycles. The molecule has 0 radical (unpaired) electrons. The zero-order chi connectivity index (χ0) is 18.4. The van der Waals surface area contributed by atoms with E-state index in [1.54, 1.807) is 12.1 Å². The zero-order valence-corrected chi connectivity index (χ0v) is 16.0. The Kier molecular flexibility index (Phi) is 6.15. The monoisotopic (exact) mass is 406 g/mol. The van der Waals surface area contributed by atoms with Gasteiger partial charge in [-0.15, -0.1) is 21.5 Å². The number of amides is 3. The highest BCUT2D eigenvalue weighted by Gasteiger charge is 2.11. The minimum atomic E-state index is -0.402. The van der Waals surface area contributed by atoms with Gasteiger partial charge >= 0.3 is 6.03 Å². The number of carbonyl (C=O) groups excluding carboxylic acids is 2. The van der Waals surface area contributed by atoms with E-state index in [4.69, 9.17) is 0 Å². The van der Waals surface area contributed by atoms with Crippen molar-refractivity contribution in [1.82, 2.24) is 15.2 Å². The second-order valence-electron chi connectivity index (χ2n) is 4.95. The summed E-state index contributed by atoms with van der Waals surface area (Å²) in [6.07, 6.45) is 0. The van der Waals surface area contributed by atoms with Crippen LogP contribution >= 0.6 is 34.4 Å². The average molecular weight is 407 g/mol. The van der Waals surface area contributed by atoms with Gasteiger partial charge in [-0.05, 0) is 19.1 Å². The number of nitrogens with zero attached hydrogens (tertiary/aromatic N) is 3. The molecule has 0 aliphatic carbocycles. The third-order valence-electron chi connectivity index (χ3n) is 2.85. The predicted molar refractivity (Wildman–Crippen MR) is 105 cm³/mol. The highest BCUT2D eigenvalue weighted by atomic mass is 32.2. The van der Waals surface area contributed by atoms with Gasteiger partial charge in [-0.3, -0.25) is 10.1 Å². The fourth-order valence-corrected chi connectivity index (χ4v) is 4.04. The summed E-state index contributed by atoms with van der Waals surface area (Å²) in [5.41, 5.74) is 1.55. The van der Waals surface area contributed by atoms with Gasteiger partial charge in [0.05, 0.1) is 11.4 Å². The number of nitrogens with one attached hydrogen (secondary N) is 3. The molecule has 0 saturated heterocycles. The molecule has 3 rings (SSSR count). The van der Waals surface area contributed by atoms with Crippen molar-refractivity contribution < 1.29 is 9.59 Å². The van der Waals surface area contributed by atoms with Crippen molar-refractivity contribution >= 4 is 62.3 Å². The lowest BCUT2D eigenvalue weighted by Crippen LogP contribution is -2.19. The Morgan fingerprint density at radius 2 is 1.88 bits per heavy atom. The van der Waals surface area contributed by atoms with E-state index in [9.17, 15) is 9.59 Å². The number of thiazole rings is 1. The molecule has 1 aromatic carbocycles. The summed E-state index contributed by atoms with van der Waals surface area (Å²) in [6.45, 7) is 1.87. The van der Waals surface area contributed by atoms with Crippen LogP contribution in [0, 0.1) is 6.92 Å². The first kappa shape index (κ1) is 18.3. The molecular formula is C15H14N6O2S3. The second-order valence-corrected chi connectivity index (χ2v) is 8.01. The fourth-order valence-electron chi connectivity index (χ4n) is 1.79. The molecule has 26 heavy (non-hydrogen) atoms. The van der Waals surface area contributed by atoms with E-state index in [1.807, 2.05) is 30.5 Å². The summed E-state index contributed by atoms with van der Waals surface area (Å²) < 4.78 is 0.588. The van der Waals surface area contributed by atoms with Crippen molar-refractivity contribution in [3.63, 3.8) is 0 Å². The van der Waals surface area contributed by atoms with Crippen LogP contribution in [0.4, 0.5) is 20.7 Å². The van der Waals surface area contributed by atoms with E-state index in [-0.39, 0.29) is 11.7 Å². The minimum Gasteiger partial charge on any atom is -0.308 e. The number of urea groups is 1. The summed E-state index contributed by atoms with van der Waals surface area (Å²) in [5.74, 6) is 0.0135. The van der Waals surface area contributed by atoms with Gasteiger partial charge in [0, 0.05) is 11.1 Å². The van der Waals surface area contributed by atoms with E-state index in [0.29, 0.717) is 20.3 Å². The second kappa shape index (κ2) is 8.74. The maximum Gasteiger partial charge on any atom is 0.325 e. The minimum absolute atomic E-state index is 0.170. The Bertz CT molecular complexity index is 896. The molecule has 134 valence electrons.